The zero-order chi connectivity index (χ0) is 12.7. The predicted octanol–water partition coefficient (Wildman–Crippen LogP) is 3.43. The van der Waals surface area contributed by atoms with Gasteiger partial charge in [0.1, 0.15) is 11.9 Å². The highest BCUT2D eigenvalue weighted by Gasteiger charge is 1.99. The van der Waals surface area contributed by atoms with E-state index in [1.807, 2.05) is 6.92 Å². The zero-order valence-electron chi connectivity index (χ0n) is 10.5. The molecule has 0 radical (unpaired) electrons. The fourth-order valence-electron chi connectivity index (χ4n) is 1.59. The summed E-state index contributed by atoms with van der Waals surface area (Å²) in [4.78, 5) is 0. The fourth-order valence-corrected chi connectivity index (χ4v) is 1.59. The molecule has 0 aliphatic heterocycles. The number of aliphatic hydroxyl groups excluding tert-OH is 1. The highest BCUT2D eigenvalue weighted by molar-refractivity contribution is 5.41. The van der Waals surface area contributed by atoms with E-state index < -0.39 is 6.10 Å². The van der Waals surface area contributed by atoms with Gasteiger partial charge in [0.05, 0.1) is 0 Å². The summed E-state index contributed by atoms with van der Waals surface area (Å²) in [5.41, 5.74) is 1.58. The van der Waals surface area contributed by atoms with Gasteiger partial charge in [-0.15, -0.1) is 0 Å². The summed E-state index contributed by atoms with van der Waals surface area (Å²) < 4.78 is 12.9. The first kappa shape index (κ1) is 13.7. The molecule has 0 aliphatic rings. The van der Waals surface area contributed by atoms with Gasteiger partial charge in [0.2, 0.25) is 0 Å². The number of halogens is 1. The number of benzene rings is 1. The lowest BCUT2D eigenvalue weighted by Gasteiger charge is -2.02. The molecule has 0 spiro atoms. The number of hydrogen-bond donors (Lipinski definition) is 1. The maximum Gasteiger partial charge on any atom is 0.123 e. The van der Waals surface area contributed by atoms with Gasteiger partial charge in [-0.2, -0.15) is 0 Å². The molecule has 92 valence electrons. The minimum atomic E-state index is -0.578. The van der Waals surface area contributed by atoms with E-state index in [1.54, 1.807) is 6.07 Å². The van der Waals surface area contributed by atoms with Gasteiger partial charge in [-0.3, -0.25) is 0 Å². The van der Waals surface area contributed by atoms with Crippen molar-refractivity contribution in [2.75, 3.05) is 0 Å². The molecule has 2 heteroatoms. The van der Waals surface area contributed by atoms with Crippen LogP contribution in [0.2, 0.25) is 0 Å². The summed E-state index contributed by atoms with van der Waals surface area (Å²) in [6, 6.07) is 4.49. The lowest BCUT2D eigenvalue weighted by Crippen LogP contribution is -2.02. The molecular weight excluding hydrogens is 215 g/mol. The van der Waals surface area contributed by atoms with E-state index in [2.05, 4.69) is 18.8 Å². The van der Waals surface area contributed by atoms with Crippen LogP contribution < -0.4 is 0 Å². The molecule has 1 aromatic carbocycles. The van der Waals surface area contributed by atoms with Crippen LogP contribution in [0.5, 0.6) is 0 Å². The highest BCUT2D eigenvalue weighted by atomic mass is 19.1. The Morgan fingerprint density at radius 2 is 2.12 bits per heavy atom. The van der Waals surface area contributed by atoms with Crippen molar-refractivity contribution in [3.8, 4) is 11.8 Å². The van der Waals surface area contributed by atoms with E-state index in [-0.39, 0.29) is 5.82 Å². The van der Waals surface area contributed by atoms with E-state index in [0.29, 0.717) is 6.42 Å². The van der Waals surface area contributed by atoms with Crippen LogP contribution in [0.15, 0.2) is 18.2 Å². The topological polar surface area (TPSA) is 20.2 Å². The van der Waals surface area contributed by atoms with Crippen molar-refractivity contribution in [2.24, 2.45) is 0 Å². The average Bonchev–Trinajstić information content (AvgIpc) is 2.28. The van der Waals surface area contributed by atoms with Gasteiger partial charge in [-0.1, -0.05) is 31.6 Å². The first-order valence-corrected chi connectivity index (χ1v) is 6.09. The Balaban J connectivity index is 2.58. The summed E-state index contributed by atoms with van der Waals surface area (Å²) in [6.07, 6.45) is 3.38. The summed E-state index contributed by atoms with van der Waals surface area (Å²) in [6.45, 7) is 3.94. The predicted molar refractivity (Wildman–Crippen MR) is 68.2 cm³/mol. The van der Waals surface area contributed by atoms with Gasteiger partial charge in [0.25, 0.3) is 0 Å². The minimum Gasteiger partial charge on any atom is -0.380 e. The van der Waals surface area contributed by atoms with Crippen LogP contribution in [0.4, 0.5) is 4.39 Å². The summed E-state index contributed by atoms with van der Waals surface area (Å²) >= 11 is 0. The smallest absolute Gasteiger partial charge is 0.123 e. The lowest BCUT2D eigenvalue weighted by atomic mass is 10.1. The summed E-state index contributed by atoms with van der Waals surface area (Å²) in [5, 5.41) is 9.63. The molecule has 1 aromatic rings. The van der Waals surface area contributed by atoms with Gasteiger partial charge in [-0.25, -0.2) is 4.39 Å². The molecule has 1 rings (SSSR count). The minimum absolute atomic E-state index is 0.253. The normalized spacial score (nSPS) is 11.8. The molecule has 0 aliphatic carbocycles. The molecule has 0 heterocycles. The third-order valence-electron chi connectivity index (χ3n) is 2.64. The van der Waals surface area contributed by atoms with Gasteiger partial charge in [0.15, 0.2) is 0 Å². The Morgan fingerprint density at radius 3 is 2.76 bits per heavy atom. The summed E-state index contributed by atoms with van der Waals surface area (Å²) in [5.74, 6) is 5.45. The molecule has 0 bridgehead atoms. The third-order valence-corrected chi connectivity index (χ3v) is 2.64. The van der Waals surface area contributed by atoms with Crippen molar-refractivity contribution in [3.63, 3.8) is 0 Å². The Kier molecular flexibility index (Phi) is 5.72. The van der Waals surface area contributed by atoms with Crippen LogP contribution in [0.3, 0.4) is 0 Å². The van der Waals surface area contributed by atoms with Crippen molar-refractivity contribution in [2.45, 2.75) is 45.6 Å². The Hall–Kier alpha value is -1.33. The van der Waals surface area contributed by atoms with Crippen LogP contribution in [0.1, 0.15) is 43.7 Å². The number of hydrogen-bond acceptors (Lipinski definition) is 1. The van der Waals surface area contributed by atoms with E-state index in [4.69, 9.17) is 0 Å². The van der Waals surface area contributed by atoms with E-state index in [1.165, 1.54) is 12.1 Å². The Labute approximate surface area is 103 Å². The summed E-state index contributed by atoms with van der Waals surface area (Å²) in [7, 11) is 0. The van der Waals surface area contributed by atoms with Crippen LogP contribution in [0.25, 0.3) is 0 Å². The van der Waals surface area contributed by atoms with E-state index in [0.717, 1.165) is 30.4 Å². The van der Waals surface area contributed by atoms with Gasteiger partial charge >= 0.3 is 0 Å². The van der Waals surface area contributed by atoms with Gasteiger partial charge < -0.3 is 5.11 Å². The van der Waals surface area contributed by atoms with Crippen LogP contribution in [-0.4, -0.2) is 11.2 Å². The standard InChI is InChI=1S/C15H19FO/c1-3-4-5-6-15(17)10-8-13-7-9-14(16)11-12(13)2/h7,9,11,15,17H,3-6H2,1-2H3. The van der Waals surface area contributed by atoms with E-state index >= 15 is 0 Å². The molecule has 0 aromatic heterocycles. The maximum absolute atomic E-state index is 12.9. The van der Waals surface area contributed by atoms with Crippen molar-refractivity contribution in [1.82, 2.24) is 0 Å². The zero-order valence-corrected chi connectivity index (χ0v) is 10.5. The average molecular weight is 234 g/mol. The quantitative estimate of drug-likeness (QED) is 0.625. The molecule has 1 N–H and O–H groups in total. The number of rotatable bonds is 4. The molecule has 0 saturated heterocycles. The van der Waals surface area contributed by atoms with Gasteiger partial charge in [-0.05, 0) is 43.5 Å². The second-order valence-electron chi connectivity index (χ2n) is 4.24. The number of aryl methyl sites for hydroxylation is 1. The number of aliphatic hydroxyl groups is 1. The Bertz CT molecular complexity index is 415. The van der Waals surface area contributed by atoms with Gasteiger partial charge in [0, 0.05) is 5.56 Å². The largest absolute Gasteiger partial charge is 0.380 e. The first-order chi connectivity index (χ1) is 8.13. The molecular formula is C15H19FO. The van der Waals surface area contributed by atoms with Crippen molar-refractivity contribution in [1.29, 1.82) is 0 Å². The molecule has 0 saturated carbocycles. The van der Waals surface area contributed by atoms with Crippen molar-refractivity contribution < 1.29 is 9.50 Å². The van der Waals surface area contributed by atoms with Crippen LogP contribution in [-0.2, 0) is 0 Å². The Morgan fingerprint density at radius 1 is 1.35 bits per heavy atom. The second kappa shape index (κ2) is 7.09. The van der Waals surface area contributed by atoms with Crippen LogP contribution in [0, 0.1) is 24.6 Å². The molecule has 1 nitrogen and oxygen atoms in total. The monoisotopic (exact) mass is 234 g/mol. The van der Waals surface area contributed by atoms with Crippen molar-refractivity contribution in [3.05, 3.63) is 35.1 Å². The first-order valence-electron chi connectivity index (χ1n) is 6.09. The fraction of sp³-hybridized carbons (Fsp3) is 0.467. The SMILES string of the molecule is CCCCCC(O)C#Cc1ccc(F)cc1C. The molecule has 17 heavy (non-hydrogen) atoms. The third kappa shape index (κ3) is 5.01. The number of unbranched alkanes of at least 4 members (excludes halogenated alkanes) is 2. The molecule has 1 atom stereocenters. The van der Waals surface area contributed by atoms with E-state index in [9.17, 15) is 9.50 Å². The molecule has 0 amide bonds. The maximum atomic E-state index is 12.9. The molecule has 1 unspecified atom stereocenters. The second-order valence-corrected chi connectivity index (χ2v) is 4.24. The van der Waals surface area contributed by atoms with Crippen LogP contribution >= 0.6 is 0 Å². The van der Waals surface area contributed by atoms with Crippen molar-refractivity contribution >= 4 is 0 Å². The molecule has 0 fully saturated rings. The highest BCUT2D eigenvalue weighted by Crippen LogP contribution is 2.09. The lowest BCUT2D eigenvalue weighted by molar-refractivity contribution is 0.217.